The van der Waals surface area contributed by atoms with Crippen LogP contribution in [0.3, 0.4) is 0 Å². The summed E-state index contributed by atoms with van der Waals surface area (Å²) < 4.78 is 74.6. The number of benzene rings is 1. The van der Waals surface area contributed by atoms with Crippen molar-refractivity contribution in [3.63, 3.8) is 0 Å². The Labute approximate surface area is 148 Å². The molecule has 146 valence electrons. The van der Waals surface area contributed by atoms with Crippen molar-refractivity contribution < 1.29 is 35.9 Å². The molecule has 0 fully saturated rings. The van der Waals surface area contributed by atoms with E-state index in [0.29, 0.717) is 12.4 Å². The summed E-state index contributed by atoms with van der Waals surface area (Å²) in [4.78, 5) is 11.8. The Bertz CT molecular complexity index is 765. The van der Waals surface area contributed by atoms with Crippen LogP contribution >= 0.6 is 0 Å². The largest absolute Gasteiger partial charge is 0.486 e. The zero-order chi connectivity index (χ0) is 19.5. The van der Waals surface area contributed by atoms with E-state index in [9.17, 15) is 26.4 Å². The van der Waals surface area contributed by atoms with Gasteiger partial charge in [-0.1, -0.05) is 13.8 Å². The van der Waals surface area contributed by atoms with E-state index in [-0.39, 0.29) is 17.3 Å². The third-order valence-corrected chi connectivity index (χ3v) is 4.96. The number of carbonyl (C=O) groups excluding carboxylic acids is 1. The number of hydrogen-bond donors (Lipinski definition) is 2. The maximum atomic E-state index is 12.5. The fraction of sp³-hybridized carbons (Fsp3) is 0.533. The number of sulfonamides is 1. The summed E-state index contributed by atoms with van der Waals surface area (Å²) in [5.74, 6) is -1.01. The molecule has 0 spiro atoms. The van der Waals surface area contributed by atoms with Gasteiger partial charge in [0.15, 0.2) is 11.5 Å². The molecule has 1 aromatic carbocycles. The van der Waals surface area contributed by atoms with Crippen molar-refractivity contribution in [3.8, 4) is 11.5 Å². The molecule has 1 aliphatic heterocycles. The minimum atomic E-state index is -4.59. The number of rotatable bonds is 6. The van der Waals surface area contributed by atoms with Gasteiger partial charge < -0.3 is 14.8 Å². The first-order valence-corrected chi connectivity index (χ1v) is 9.24. The van der Waals surface area contributed by atoms with Gasteiger partial charge in [0.05, 0.1) is 4.90 Å². The number of nitrogens with one attached hydrogen (secondary N) is 2. The lowest BCUT2D eigenvalue weighted by molar-refractivity contribution is -0.139. The van der Waals surface area contributed by atoms with Crippen molar-refractivity contribution in [2.75, 3.05) is 19.8 Å². The highest BCUT2D eigenvalue weighted by molar-refractivity contribution is 7.89. The predicted molar refractivity (Wildman–Crippen MR) is 85.4 cm³/mol. The molecule has 0 aliphatic carbocycles. The van der Waals surface area contributed by atoms with Gasteiger partial charge in [-0.25, -0.2) is 8.42 Å². The summed E-state index contributed by atoms with van der Waals surface area (Å²) in [6.45, 7) is 2.10. The minimum Gasteiger partial charge on any atom is -0.486 e. The zero-order valence-electron chi connectivity index (χ0n) is 14.1. The van der Waals surface area contributed by atoms with E-state index in [1.165, 1.54) is 32.0 Å². The van der Waals surface area contributed by atoms with E-state index in [0.717, 1.165) is 0 Å². The van der Waals surface area contributed by atoms with Gasteiger partial charge in [-0.05, 0) is 18.1 Å². The first kappa shape index (κ1) is 20.3. The summed E-state index contributed by atoms with van der Waals surface area (Å²) >= 11 is 0. The Hall–Kier alpha value is -2.01. The highest BCUT2D eigenvalue weighted by atomic mass is 32.2. The van der Waals surface area contributed by atoms with Crippen LogP contribution in [0.1, 0.15) is 13.8 Å². The van der Waals surface area contributed by atoms with E-state index in [2.05, 4.69) is 4.72 Å². The summed E-state index contributed by atoms with van der Waals surface area (Å²) in [6.07, 6.45) is -4.59. The van der Waals surface area contributed by atoms with Crippen molar-refractivity contribution in [3.05, 3.63) is 18.2 Å². The second kappa shape index (κ2) is 7.70. The smallest absolute Gasteiger partial charge is 0.405 e. The zero-order valence-corrected chi connectivity index (χ0v) is 14.9. The lowest BCUT2D eigenvalue weighted by atomic mass is 10.1. The van der Waals surface area contributed by atoms with Crippen molar-refractivity contribution >= 4 is 15.9 Å². The quantitative estimate of drug-likeness (QED) is 0.759. The molecule has 1 atom stereocenters. The van der Waals surface area contributed by atoms with Gasteiger partial charge in [-0.3, -0.25) is 4.79 Å². The normalized spacial score (nSPS) is 15.6. The number of amides is 1. The molecule has 0 saturated heterocycles. The van der Waals surface area contributed by atoms with E-state index < -0.39 is 40.6 Å². The van der Waals surface area contributed by atoms with Gasteiger partial charge in [-0.2, -0.15) is 17.9 Å². The molecule has 2 N–H and O–H groups in total. The van der Waals surface area contributed by atoms with Crippen LogP contribution in [0, 0.1) is 5.92 Å². The van der Waals surface area contributed by atoms with Crippen molar-refractivity contribution in [1.82, 2.24) is 10.0 Å². The molecule has 7 nitrogen and oxygen atoms in total. The van der Waals surface area contributed by atoms with Gasteiger partial charge in [0, 0.05) is 6.07 Å². The summed E-state index contributed by atoms with van der Waals surface area (Å²) in [5, 5.41) is 1.69. The van der Waals surface area contributed by atoms with Crippen molar-refractivity contribution in [1.29, 1.82) is 0 Å². The lowest BCUT2D eigenvalue weighted by Crippen LogP contribution is -2.51. The van der Waals surface area contributed by atoms with Crippen LogP contribution in [-0.4, -0.2) is 46.3 Å². The molecule has 26 heavy (non-hydrogen) atoms. The third kappa shape index (κ3) is 5.24. The Kier molecular flexibility index (Phi) is 6.02. The van der Waals surface area contributed by atoms with Gasteiger partial charge in [0.25, 0.3) is 0 Å². The Morgan fingerprint density at radius 3 is 2.38 bits per heavy atom. The van der Waals surface area contributed by atoms with E-state index in [1.807, 2.05) is 0 Å². The van der Waals surface area contributed by atoms with Crippen LogP contribution < -0.4 is 19.5 Å². The Morgan fingerprint density at radius 1 is 1.19 bits per heavy atom. The van der Waals surface area contributed by atoms with Gasteiger partial charge in [-0.15, -0.1) is 0 Å². The highest BCUT2D eigenvalue weighted by Gasteiger charge is 2.33. The maximum Gasteiger partial charge on any atom is 0.405 e. The number of alkyl halides is 3. The summed E-state index contributed by atoms with van der Waals surface area (Å²) in [7, 11) is -4.16. The average molecular weight is 396 g/mol. The fourth-order valence-electron chi connectivity index (χ4n) is 2.22. The van der Waals surface area contributed by atoms with Crippen LogP contribution in [0.4, 0.5) is 13.2 Å². The summed E-state index contributed by atoms with van der Waals surface area (Å²) in [5.41, 5.74) is 0. The number of ether oxygens (including phenoxy) is 2. The van der Waals surface area contributed by atoms with Crippen molar-refractivity contribution in [2.24, 2.45) is 5.92 Å². The maximum absolute atomic E-state index is 12.5. The highest BCUT2D eigenvalue weighted by Crippen LogP contribution is 2.32. The third-order valence-electron chi connectivity index (χ3n) is 3.52. The van der Waals surface area contributed by atoms with Crippen LogP contribution in [0.15, 0.2) is 23.1 Å². The van der Waals surface area contributed by atoms with Crippen LogP contribution in [0.5, 0.6) is 11.5 Å². The van der Waals surface area contributed by atoms with E-state index in [4.69, 9.17) is 9.47 Å². The Balaban J connectivity index is 2.17. The van der Waals surface area contributed by atoms with Crippen LogP contribution in [0.25, 0.3) is 0 Å². The average Bonchev–Trinajstić information content (AvgIpc) is 2.56. The molecule has 2 rings (SSSR count). The van der Waals surface area contributed by atoms with Crippen LogP contribution in [0.2, 0.25) is 0 Å². The van der Waals surface area contributed by atoms with E-state index in [1.54, 1.807) is 5.32 Å². The molecular weight excluding hydrogens is 377 g/mol. The molecule has 1 aliphatic rings. The minimum absolute atomic E-state index is 0.184. The second-order valence-corrected chi connectivity index (χ2v) is 7.70. The standard InChI is InChI=1S/C15H19F3N2O5S/c1-9(2)13(14(21)19-8-15(16,17)18)20-26(22,23)10-3-4-11-12(7-10)25-6-5-24-11/h3-4,7,9,13,20H,5-6,8H2,1-2H3,(H,19,21)/t13-/m1/s1. The van der Waals surface area contributed by atoms with Crippen LogP contribution in [-0.2, 0) is 14.8 Å². The molecule has 0 saturated carbocycles. The molecule has 0 bridgehead atoms. The predicted octanol–water partition coefficient (Wildman–Crippen LogP) is 1.44. The number of fused-ring (bicyclic) bond motifs is 1. The topological polar surface area (TPSA) is 93.7 Å². The number of halogens is 3. The molecule has 1 amide bonds. The second-order valence-electron chi connectivity index (χ2n) is 5.98. The molecule has 0 unspecified atom stereocenters. The SMILES string of the molecule is CC(C)[C@@H](NS(=O)(=O)c1ccc2c(c1)OCCO2)C(=O)NCC(F)(F)F. The molecular formula is C15H19F3N2O5S. The fourth-order valence-corrected chi connectivity index (χ4v) is 3.57. The van der Waals surface area contributed by atoms with Gasteiger partial charge in [0.2, 0.25) is 15.9 Å². The monoisotopic (exact) mass is 396 g/mol. The number of carbonyl (C=O) groups is 1. The number of hydrogen-bond acceptors (Lipinski definition) is 5. The molecule has 0 aromatic heterocycles. The molecule has 1 aromatic rings. The Morgan fingerprint density at radius 2 is 1.81 bits per heavy atom. The first-order valence-electron chi connectivity index (χ1n) is 7.76. The summed E-state index contributed by atoms with van der Waals surface area (Å²) in [6, 6.07) is 2.55. The molecule has 11 heteroatoms. The lowest BCUT2D eigenvalue weighted by Gasteiger charge is -2.23. The first-order chi connectivity index (χ1) is 12.0. The molecule has 1 heterocycles. The van der Waals surface area contributed by atoms with Crippen molar-refractivity contribution in [2.45, 2.75) is 31.0 Å². The molecule has 0 radical (unpaired) electrons. The van der Waals surface area contributed by atoms with Gasteiger partial charge in [0.1, 0.15) is 25.8 Å². The van der Waals surface area contributed by atoms with E-state index >= 15 is 0 Å². The van der Waals surface area contributed by atoms with Gasteiger partial charge >= 0.3 is 6.18 Å².